The molecule has 7 nitrogen and oxygen atoms in total. The van der Waals surface area contributed by atoms with Gasteiger partial charge in [0.25, 0.3) is 11.6 Å². The molecule has 0 saturated carbocycles. The second kappa shape index (κ2) is 8.66. The van der Waals surface area contributed by atoms with Gasteiger partial charge in [0.2, 0.25) is 0 Å². The molecule has 0 radical (unpaired) electrons. The summed E-state index contributed by atoms with van der Waals surface area (Å²) in [5.74, 6) is 0.453. The normalized spacial score (nSPS) is 27.2. The Bertz CT molecular complexity index is 724. The number of rotatable bonds is 4. The van der Waals surface area contributed by atoms with Crippen LogP contribution in [0.2, 0.25) is 0 Å². The first-order chi connectivity index (χ1) is 13.0. The van der Waals surface area contributed by atoms with Crippen molar-refractivity contribution in [2.75, 3.05) is 18.0 Å². The maximum atomic E-state index is 12.7. The Kier molecular flexibility index (Phi) is 6.45. The molecule has 0 spiro atoms. The number of benzene rings is 1. The SMILES string of the molecule is CC1CCN(c2ccc(C(=O)NC3CC4CCC(C3)N4)cc2[N+](=O)[O-])CC1.Cl. The smallest absolute Gasteiger partial charge is 0.293 e. The summed E-state index contributed by atoms with van der Waals surface area (Å²) in [6.45, 7) is 3.86. The molecule has 2 atom stereocenters. The van der Waals surface area contributed by atoms with E-state index in [0.717, 1.165) is 38.8 Å². The van der Waals surface area contributed by atoms with Crippen LogP contribution in [0.25, 0.3) is 0 Å². The Morgan fingerprint density at radius 2 is 1.82 bits per heavy atom. The van der Waals surface area contributed by atoms with E-state index in [4.69, 9.17) is 0 Å². The zero-order valence-electron chi connectivity index (χ0n) is 16.2. The van der Waals surface area contributed by atoms with Gasteiger partial charge in [0, 0.05) is 42.8 Å². The first kappa shape index (κ1) is 20.9. The van der Waals surface area contributed by atoms with Gasteiger partial charge in [0.05, 0.1) is 4.92 Å². The Morgan fingerprint density at radius 1 is 1.18 bits per heavy atom. The Labute approximate surface area is 171 Å². The predicted molar refractivity (Wildman–Crippen MR) is 111 cm³/mol. The highest BCUT2D eigenvalue weighted by molar-refractivity contribution is 5.96. The highest BCUT2D eigenvalue weighted by Crippen LogP contribution is 2.33. The van der Waals surface area contributed by atoms with Gasteiger partial charge in [-0.3, -0.25) is 14.9 Å². The lowest BCUT2D eigenvalue weighted by atomic mass is 9.98. The molecule has 3 saturated heterocycles. The van der Waals surface area contributed by atoms with Crippen molar-refractivity contribution >= 4 is 29.7 Å². The maximum Gasteiger partial charge on any atom is 0.293 e. The van der Waals surface area contributed by atoms with Crippen LogP contribution in [-0.4, -0.2) is 42.0 Å². The fourth-order valence-electron chi connectivity index (χ4n) is 4.77. The van der Waals surface area contributed by atoms with Gasteiger partial charge in [-0.15, -0.1) is 12.4 Å². The molecule has 0 aromatic heterocycles. The zero-order chi connectivity index (χ0) is 19.0. The van der Waals surface area contributed by atoms with E-state index in [0.29, 0.717) is 29.3 Å². The Balaban J connectivity index is 0.00000225. The van der Waals surface area contributed by atoms with E-state index < -0.39 is 0 Å². The summed E-state index contributed by atoms with van der Waals surface area (Å²) in [6.07, 6.45) is 6.30. The first-order valence-corrected chi connectivity index (χ1v) is 10.1. The van der Waals surface area contributed by atoms with Crippen molar-refractivity contribution < 1.29 is 9.72 Å². The third-order valence-electron chi connectivity index (χ3n) is 6.37. The van der Waals surface area contributed by atoms with Crippen molar-refractivity contribution in [3.8, 4) is 0 Å². The summed E-state index contributed by atoms with van der Waals surface area (Å²) >= 11 is 0. The molecular weight excluding hydrogens is 380 g/mol. The van der Waals surface area contributed by atoms with Crippen molar-refractivity contribution in [2.45, 2.75) is 63.6 Å². The molecule has 3 fully saturated rings. The molecular formula is C20H29ClN4O3. The molecule has 3 aliphatic rings. The number of fused-ring (bicyclic) bond motifs is 2. The molecule has 8 heteroatoms. The van der Waals surface area contributed by atoms with Gasteiger partial charge in [-0.2, -0.15) is 0 Å². The summed E-state index contributed by atoms with van der Waals surface area (Å²) in [7, 11) is 0. The van der Waals surface area contributed by atoms with E-state index in [1.165, 1.54) is 18.9 Å². The van der Waals surface area contributed by atoms with E-state index in [2.05, 4.69) is 22.5 Å². The standard InChI is InChI=1S/C20H28N4O3.ClH/c1-13-6-8-23(9-7-13)18-5-2-14(10-19(18)24(26)27)20(25)22-17-11-15-3-4-16(12-17)21-15;/h2,5,10,13,15-17,21H,3-4,6-9,11-12H2,1H3,(H,22,25);1H. The van der Waals surface area contributed by atoms with Crippen LogP contribution in [-0.2, 0) is 0 Å². The van der Waals surface area contributed by atoms with Crippen LogP contribution in [0.4, 0.5) is 11.4 Å². The third kappa shape index (κ3) is 4.41. The van der Waals surface area contributed by atoms with Crippen molar-refractivity contribution in [3.63, 3.8) is 0 Å². The largest absolute Gasteiger partial charge is 0.366 e. The number of nitro groups is 1. The minimum absolute atomic E-state index is 0. The molecule has 154 valence electrons. The number of carbonyl (C=O) groups excluding carboxylic acids is 1. The topological polar surface area (TPSA) is 87.5 Å². The molecule has 1 amide bonds. The number of nitrogens with one attached hydrogen (secondary N) is 2. The molecule has 3 aliphatic heterocycles. The van der Waals surface area contributed by atoms with Gasteiger partial charge in [0.1, 0.15) is 5.69 Å². The van der Waals surface area contributed by atoms with Crippen LogP contribution >= 0.6 is 12.4 Å². The highest BCUT2D eigenvalue weighted by atomic mass is 35.5. The first-order valence-electron chi connectivity index (χ1n) is 10.1. The van der Waals surface area contributed by atoms with Crippen LogP contribution in [0, 0.1) is 16.0 Å². The van der Waals surface area contributed by atoms with Gasteiger partial charge in [-0.1, -0.05) is 6.92 Å². The second-order valence-corrected chi connectivity index (χ2v) is 8.41. The molecule has 1 aromatic carbocycles. The lowest BCUT2D eigenvalue weighted by Gasteiger charge is -2.32. The average molecular weight is 409 g/mol. The molecule has 2 N–H and O–H groups in total. The Morgan fingerprint density at radius 3 is 2.43 bits per heavy atom. The third-order valence-corrected chi connectivity index (χ3v) is 6.37. The number of hydrogen-bond donors (Lipinski definition) is 2. The quantitative estimate of drug-likeness (QED) is 0.589. The van der Waals surface area contributed by atoms with Gasteiger partial charge in [-0.25, -0.2) is 0 Å². The average Bonchev–Trinajstić information content (AvgIpc) is 3.00. The lowest BCUT2D eigenvalue weighted by molar-refractivity contribution is -0.384. The number of anilines is 1. The van der Waals surface area contributed by atoms with E-state index in [9.17, 15) is 14.9 Å². The molecule has 2 unspecified atom stereocenters. The summed E-state index contributed by atoms with van der Waals surface area (Å²) < 4.78 is 0. The summed E-state index contributed by atoms with van der Waals surface area (Å²) in [6, 6.07) is 6.05. The van der Waals surface area contributed by atoms with Crippen LogP contribution < -0.4 is 15.5 Å². The van der Waals surface area contributed by atoms with Crippen molar-refractivity contribution in [2.24, 2.45) is 5.92 Å². The summed E-state index contributed by atoms with van der Waals surface area (Å²) in [5, 5.41) is 18.3. The molecule has 3 heterocycles. The zero-order valence-corrected chi connectivity index (χ0v) is 17.0. The number of halogens is 1. The predicted octanol–water partition coefficient (Wildman–Crippen LogP) is 3.27. The monoisotopic (exact) mass is 408 g/mol. The number of nitrogens with zero attached hydrogens (tertiary/aromatic N) is 2. The molecule has 2 bridgehead atoms. The van der Waals surface area contributed by atoms with E-state index in [-0.39, 0.29) is 35.0 Å². The van der Waals surface area contributed by atoms with Gasteiger partial charge in [0.15, 0.2) is 0 Å². The van der Waals surface area contributed by atoms with Gasteiger partial charge >= 0.3 is 0 Å². The van der Waals surface area contributed by atoms with Crippen LogP contribution in [0.15, 0.2) is 18.2 Å². The number of carbonyl (C=O) groups is 1. The number of nitro benzene ring substituents is 1. The maximum absolute atomic E-state index is 12.7. The molecule has 0 aliphatic carbocycles. The molecule has 1 aromatic rings. The fraction of sp³-hybridized carbons (Fsp3) is 0.650. The van der Waals surface area contributed by atoms with Gasteiger partial charge in [-0.05, 0) is 56.6 Å². The summed E-state index contributed by atoms with van der Waals surface area (Å²) in [4.78, 5) is 26.0. The van der Waals surface area contributed by atoms with Gasteiger partial charge < -0.3 is 15.5 Å². The van der Waals surface area contributed by atoms with Crippen LogP contribution in [0.5, 0.6) is 0 Å². The number of amides is 1. The Hall–Kier alpha value is -1.86. The molecule has 4 rings (SSSR count). The van der Waals surface area contributed by atoms with Crippen LogP contribution in [0.3, 0.4) is 0 Å². The van der Waals surface area contributed by atoms with Crippen molar-refractivity contribution in [1.82, 2.24) is 10.6 Å². The lowest BCUT2D eigenvalue weighted by Crippen LogP contribution is -2.48. The van der Waals surface area contributed by atoms with Crippen molar-refractivity contribution in [3.05, 3.63) is 33.9 Å². The minimum Gasteiger partial charge on any atom is -0.366 e. The number of piperidine rings is 2. The van der Waals surface area contributed by atoms with E-state index >= 15 is 0 Å². The molecule has 28 heavy (non-hydrogen) atoms. The number of hydrogen-bond acceptors (Lipinski definition) is 5. The highest BCUT2D eigenvalue weighted by Gasteiger charge is 2.34. The summed E-state index contributed by atoms with van der Waals surface area (Å²) in [5.41, 5.74) is 1.03. The van der Waals surface area contributed by atoms with Crippen molar-refractivity contribution in [1.29, 1.82) is 0 Å². The minimum atomic E-state index is -0.366. The van der Waals surface area contributed by atoms with Crippen LogP contribution in [0.1, 0.15) is 55.8 Å². The van der Waals surface area contributed by atoms with E-state index in [1.807, 2.05) is 0 Å². The fourth-order valence-corrected chi connectivity index (χ4v) is 4.77. The van der Waals surface area contributed by atoms with E-state index in [1.54, 1.807) is 12.1 Å². The second-order valence-electron chi connectivity index (χ2n) is 8.41.